The number of carbonyl (C=O) groups excluding carboxylic acids is 1. The summed E-state index contributed by atoms with van der Waals surface area (Å²) < 4.78 is 6.92. The minimum absolute atomic E-state index is 0.264. The van der Waals surface area contributed by atoms with E-state index in [2.05, 4.69) is 14.9 Å². The highest BCUT2D eigenvalue weighted by molar-refractivity contribution is 5.90. The molecule has 2 aliphatic heterocycles. The van der Waals surface area contributed by atoms with Crippen LogP contribution in [0, 0.1) is 0 Å². The Morgan fingerprint density at radius 1 is 1.43 bits per heavy atom. The molecule has 0 saturated carbocycles. The van der Waals surface area contributed by atoms with E-state index in [0.717, 1.165) is 31.9 Å². The first-order valence-corrected chi connectivity index (χ1v) is 7.83. The largest absolute Gasteiger partial charge is 0.462 e. The van der Waals surface area contributed by atoms with E-state index in [4.69, 9.17) is 4.74 Å². The third-order valence-corrected chi connectivity index (χ3v) is 4.60. The first-order valence-electron chi connectivity index (χ1n) is 7.83. The van der Waals surface area contributed by atoms with Gasteiger partial charge in [-0.3, -0.25) is 14.5 Å². The Morgan fingerprint density at radius 2 is 2.29 bits per heavy atom. The zero-order valence-electron chi connectivity index (χ0n) is 12.9. The summed E-state index contributed by atoms with van der Waals surface area (Å²) >= 11 is 0. The summed E-state index contributed by atoms with van der Waals surface area (Å²) in [5.41, 5.74) is 1.56. The summed E-state index contributed by atoms with van der Waals surface area (Å²) in [5, 5.41) is 4.23. The van der Waals surface area contributed by atoms with E-state index in [0.29, 0.717) is 18.2 Å². The van der Waals surface area contributed by atoms with Crippen molar-refractivity contribution in [3.8, 4) is 0 Å². The van der Waals surface area contributed by atoms with E-state index < -0.39 is 0 Å². The smallest absolute Gasteiger partial charge is 0.341 e. The third-order valence-electron chi connectivity index (χ3n) is 4.60. The Hall–Kier alpha value is -1.40. The van der Waals surface area contributed by atoms with Crippen molar-refractivity contribution in [1.29, 1.82) is 0 Å². The lowest BCUT2D eigenvalue weighted by Gasteiger charge is -2.37. The van der Waals surface area contributed by atoms with E-state index in [1.54, 1.807) is 10.9 Å². The number of carbonyl (C=O) groups is 1. The van der Waals surface area contributed by atoms with Gasteiger partial charge in [-0.25, -0.2) is 4.79 Å². The second-order valence-electron chi connectivity index (χ2n) is 5.92. The van der Waals surface area contributed by atoms with Crippen molar-refractivity contribution >= 4 is 5.97 Å². The summed E-state index contributed by atoms with van der Waals surface area (Å²) in [6, 6.07) is 0.693. The van der Waals surface area contributed by atoms with Crippen molar-refractivity contribution in [3.63, 3.8) is 0 Å². The molecule has 1 aromatic rings. The van der Waals surface area contributed by atoms with E-state index in [-0.39, 0.29) is 5.97 Å². The molecule has 1 unspecified atom stereocenters. The molecule has 0 N–H and O–H groups in total. The molecule has 0 aromatic carbocycles. The van der Waals surface area contributed by atoms with Crippen LogP contribution in [0.2, 0.25) is 0 Å². The van der Waals surface area contributed by atoms with Gasteiger partial charge in [0.2, 0.25) is 0 Å². The molecule has 116 valence electrons. The van der Waals surface area contributed by atoms with E-state index >= 15 is 0 Å². The summed E-state index contributed by atoms with van der Waals surface area (Å²) in [4.78, 5) is 17.0. The van der Waals surface area contributed by atoms with Crippen LogP contribution in [0.5, 0.6) is 0 Å². The van der Waals surface area contributed by atoms with Crippen LogP contribution in [-0.2, 0) is 18.3 Å². The van der Waals surface area contributed by atoms with Crippen LogP contribution in [0.3, 0.4) is 0 Å². The Kier molecular flexibility index (Phi) is 4.26. The summed E-state index contributed by atoms with van der Waals surface area (Å²) in [6.07, 6.45) is 4.24. The lowest BCUT2D eigenvalue weighted by Crippen LogP contribution is -2.49. The van der Waals surface area contributed by atoms with Gasteiger partial charge in [0.15, 0.2) is 0 Å². The first-order chi connectivity index (χ1) is 10.2. The molecule has 6 nitrogen and oxygen atoms in total. The van der Waals surface area contributed by atoms with E-state index in [1.165, 1.54) is 19.4 Å². The average molecular weight is 292 g/mol. The Labute approximate surface area is 125 Å². The quantitative estimate of drug-likeness (QED) is 0.771. The molecule has 0 aliphatic carbocycles. The van der Waals surface area contributed by atoms with Crippen molar-refractivity contribution in [2.45, 2.75) is 32.4 Å². The number of rotatable bonds is 4. The van der Waals surface area contributed by atoms with Gasteiger partial charge in [0.05, 0.1) is 18.5 Å². The summed E-state index contributed by atoms with van der Waals surface area (Å²) in [5.74, 6) is -0.264. The summed E-state index contributed by atoms with van der Waals surface area (Å²) in [6.45, 7) is 7.53. The van der Waals surface area contributed by atoms with Crippen LogP contribution in [0.25, 0.3) is 0 Å². The minimum Gasteiger partial charge on any atom is -0.462 e. The fourth-order valence-corrected chi connectivity index (χ4v) is 3.44. The van der Waals surface area contributed by atoms with Crippen molar-refractivity contribution < 1.29 is 9.53 Å². The first kappa shape index (κ1) is 14.5. The fraction of sp³-hybridized carbons (Fsp3) is 0.733. The Balaban J connectivity index is 1.70. The number of hydrogen-bond acceptors (Lipinski definition) is 5. The van der Waals surface area contributed by atoms with Gasteiger partial charge in [-0.1, -0.05) is 0 Å². The Bertz CT molecular complexity index is 514. The SMILES string of the molecule is CCOC(=O)c1cnn(C)c1CN1CCN2CCCC2C1. The molecular weight excluding hydrogens is 268 g/mol. The molecule has 2 aliphatic rings. The molecular formula is C15H24N4O2. The maximum Gasteiger partial charge on any atom is 0.341 e. The molecule has 21 heavy (non-hydrogen) atoms. The molecule has 6 heteroatoms. The second kappa shape index (κ2) is 6.15. The number of ether oxygens (including phenoxy) is 1. The fourth-order valence-electron chi connectivity index (χ4n) is 3.44. The monoisotopic (exact) mass is 292 g/mol. The van der Waals surface area contributed by atoms with Gasteiger partial charge in [0.1, 0.15) is 5.56 Å². The van der Waals surface area contributed by atoms with Crippen LogP contribution in [-0.4, -0.2) is 64.4 Å². The highest BCUT2D eigenvalue weighted by Gasteiger charge is 2.31. The molecule has 0 bridgehead atoms. The number of aryl methyl sites for hydroxylation is 1. The highest BCUT2D eigenvalue weighted by Crippen LogP contribution is 2.23. The van der Waals surface area contributed by atoms with Gasteiger partial charge in [0.25, 0.3) is 0 Å². The standard InChI is InChI=1S/C15H24N4O2/c1-3-21-15(20)13-9-16-17(2)14(13)11-18-7-8-19-6-4-5-12(19)10-18/h9,12H,3-8,10-11H2,1-2H3. The number of hydrogen-bond donors (Lipinski definition) is 0. The molecule has 3 heterocycles. The molecule has 1 atom stereocenters. The average Bonchev–Trinajstić information content (AvgIpc) is 3.06. The van der Waals surface area contributed by atoms with Crippen LogP contribution < -0.4 is 0 Å². The molecule has 2 fully saturated rings. The maximum absolute atomic E-state index is 12.0. The molecule has 0 radical (unpaired) electrons. The molecule has 3 rings (SSSR count). The number of piperazine rings is 1. The summed E-state index contributed by atoms with van der Waals surface area (Å²) in [7, 11) is 1.89. The van der Waals surface area contributed by atoms with Crippen LogP contribution in [0.4, 0.5) is 0 Å². The topological polar surface area (TPSA) is 50.6 Å². The maximum atomic E-state index is 12.0. The van der Waals surface area contributed by atoms with Crippen molar-refractivity contribution in [2.75, 3.05) is 32.8 Å². The number of nitrogens with zero attached hydrogens (tertiary/aromatic N) is 4. The van der Waals surface area contributed by atoms with Crippen molar-refractivity contribution in [3.05, 3.63) is 17.5 Å². The van der Waals surface area contributed by atoms with Gasteiger partial charge in [-0.05, 0) is 26.3 Å². The van der Waals surface area contributed by atoms with Crippen LogP contribution in [0.15, 0.2) is 6.20 Å². The number of aromatic nitrogens is 2. The lowest BCUT2D eigenvalue weighted by molar-refractivity contribution is 0.0521. The molecule has 1 aromatic heterocycles. The van der Waals surface area contributed by atoms with Gasteiger partial charge in [-0.15, -0.1) is 0 Å². The van der Waals surface area contributed by atoms with Crippen LogP contribution in [0.1, 0.15) is 35.8 Å². The van der Waals surface area contributed by atoms with E-state index in [9.17, 15) is 4.79 Å². The highest BCUT2D eigenvalue weighted by atomic mass is 16.5. The van der Waals surface area contributed by atoms with Gasteiger partial charge >= 0.3 is 5.97 Å². The van der Waals surface area contributed by atoms with Gasteiger partial charge in [-0.2, -0.15) is 5.10 Å². The number of fused-ring (bicyclic) bond motifs is 1. The molecule has 0 amide bonds. The van der Waals surface area contributed by atoms with Gasteiger partial charge < -0.3 is 4.74 Å². The normalized spacial score (nSPS) is 23.2. The van der Waals surface area contributed by atoms with Crippen molar-refractivity contribution in [2.24, 2.45) is 7.05 Å². The van der Waals surface area contributed by atoms with E-state index in [1.807, 2.05) is 14.0 Å². The number of esters is 1. The predicted molar refractivity (Wildman–Crippen MR) is 79.0 cm³/mol. The molecule has 0 spiro atoms. The Morgan fingerprint density at radius 3 is 3.10 bits per heavy atom. The van der Waals surface area contributed by atoms with Crippen molar-refractivity contribution in [1.82, 2.24) is 19.6 Å². The predicted octanol–water partition coefficient (Wildman–Crippen LogP) is 0.877. The third kappa shape index (κ3) is 2.96. The van der Waals surface area contributed by atoms with Gasteiger partial charge in [0, 0.05) is 39.3 Å². The van der Waals surface area contributed by atoms with Crippen LogP contribution >= 0.6 is 0 Å². The zero-order chi connectivity index (χ0) is 14.8. The minimum atomic E-state index is -0.264. The molecule has 2 saturated heterocycles. The lowest BCUT2D eigenvalue weighted by atomic mass is 10.1. The second-order valence-corrected chi connectivity index (χ2v) is 5.92. The zero-order valence-corrected chi connectivity index (χ0v) is 12.9.